The number of carboxylic acid groups (broad SMARTS) is 1. The van der Waals surface area contributed by atoms with Crippen LogP contribution in [0.5, 0.6) is 0 Å². The number of thiazole rings is 1. The van der Waals surface area contributed by atoms with E-state index in [0.29, 0.717) is 18.5 Å². The number of carbonyl (C=O) groups excluding carboxylic acids is 3. The Labute approximate surface area is 225 Å². The smallest absolute Gasteiger partial charge is 0.352 e. The second-order valence-electron chi connectivity index (χ2n) is 8.00. The zero-order chi connectivity index (χ0) is 27.0. The van der Waals surface area contributed by atoms with Crippen LogP contribution in [0.25, 0.3) is 0 Å². The van der Waals surface area contributed by atoms with Crippen LogP contribution in [0.3, 0.4) is 0 Å². The van der Waals surface area contributed by atoms with Crippen LogP contribution in [0.4, 0.5) is 5.13 Å². The zero-order valence-corrected chi connectivity index (χ0v) is 21.6. The summed E-state index contributed by atoms with van der Waals surface area (Å²) in [6.45, 7) is 0.415. The number of amides is 3. The van der Waals surface area contributed by atoms with E-state index in [4.69, 9.17) is 16.4 Å². The number of thioether (sulfide) groups is 2. The number of carbonyl (C=O) groups is 4. The molecule has 2 aromatic heterocycles. The zero-order valence-electron chi connectivity index (χ0n) is 19.1. The van der Waals surface area contributed by atoms with Gasteiger partial charge in [-0.05, 0) is 16.0 Å². The Morgan fingerprint density at radius 1 is 1.39 bits per heavy atom. The summed E-state index contributed by atoms with van der Waals surface area (Å²) in [6.07, 6.45) is -0.497. The Morgan fingerprint density at radius 2 is 2.21 bits per heavy atom. The highest BCUT2D eigenvalue weighted by molar-refractivity contribution is 8.01. The Morgan fingerprint density at radius 3 is 2.84 bits per heavy atom. The SMILES string of the molecule is Nc1nc(/C(=N/O[C@H]2CCNC2=O)C(=O)N[C@@H]2C(=O)N3C(C(=O)O)=C(CSc4nnnn4N)CS[C@@H]23)cs1. The molecule has 7 N–H and O–H groups in total. The number of carboxylic acids is 1. The maximum Gasteiger partial charge on any atom is 0.352 e. The van der Waals surface area contributed by atoms with E-state index in [1.165, 1.54) is 17.1 Å². The van der Waals surface area contributed by atoms with Crippen molar-refractivity contribution < 1.29 is 29.1 Å². The maximum atomic E-state index is 13.2. The van der Waals surface area contributed by atoms with Crippen LogP contribution in [0, 0.1) is 0 Å². The average Bonchev–Trinajstić information content (AvgIpc) is 3.62. The third-order valence-electron chi connectivity index (χ3n) is 5.62. The van der Waals surface area contributed by atoms with Gasteiger partial charge in [-0.25, -0.2) is 9.78 Å². The summed E-state index contributed by atoms with van der Waals surface area (Å²) in [7, 11) is 0. The number of hydrogen-bond donors (Lipinski definition) is 5. The molecule has 5 heterocycles. The number of nitrogens with zero attached hydrogens (tertiary/aromatic N) is 7. The van der Waals surface area contributed by atoms with Gasteiger partial charge in [0.25, 0.3) is 17.7 Å². The molecular formula is C18H19N11O6S3. The molecule has 17 nitrogen and oxygen atoms in total. The number of oxime groups is 1. The molecule has 3 atom stereocenters. The molecule has 0 aromatic carbocycles. The predicted molar refractivity (Wildman–Crippen MR) is 134 cm³/mol. The van der Waals surface area contributed by atoms with Gasteiger partial charge in [0.1, 0.15) is 22.8 Å². The number of hydrogen-bond acceptors (Lipinski definition) is 15. The molecule has 0 bridgehead atoms. The quantitative estimate of drug-likeness (QED) is 0.0679. The molecular weight excluding hydrogens is 562 g/mol. The van der Waals surface area contributed by atoms with Gasteiger partial charge in [-0.2, -0.15) is 0 Å². The topological polar surface area (TPSA) is 246 Å². The lowest BCUT2D eigenvalue weighted by Gasteiger charge is -2.49. The molecule has 5 rings (SSSR count). The van der Waals surface area contributed by atoms with Gasteiger partial charge in [-0.3, -0.25) is 19.3 Å². The summed E-state index contributed by atoms with van der Waals surface area (Å²) in [4.78, 5) is 61.5. The van der Waals surface area contributed by atoms with E-state index in [-0.39, 0.29) is 44.8 Å². The van der Waals surface area contributed by atoms with Gasteiger partial charge in [0, 0.05) is 29.9 Å². The minimum absolute atomic E-state index is 0.107. The van der Waals surface area contributed by atoms with E-state index in [2.05, 4.69) is 36.3 Å². The van der Waals surface area contributed by atoms with E-state index in [0.717, 1.165) is 32.8 Å². The molecule has 0 spiro atoms. The largest absolute Gasteiger partial charge is 0.477 e. The Hall–Kier alpha value is -3.91. The molecule has 2 fully saturated rings. The highest BCUT2D eigenvalue weighted by atomic mass is 32.2. The minimum atomic E-state index is -1.28. The maximum absolute atomic E-state index is 13.2. The molecule has 38 heavy (non-hydrogen) atoms. The van der Waals surface area contributed by atoms with Gasteiger partial charge in [-0.15, -0.1) is 27.9 Å². The molecule has 200 valence electrons. The second-order valence-corrected chi connectivity index (χ2v) is 10.9. The summed E-state index contributed by atoms with van der Waals surface area (Å²) in [5.41, 5.74) is 5.85. The van der Waals surface area contributed by atoms with E-state index in [9.17, 15) is 24.3 Å². The monoisotopic (exact) mass is 581 g/mol. The van der Waals surface area contributed by atoms with Gasteiger partial charge < -0.3 is 32.2 Å². The van der Waals surface area contributed by atoms with Gasteiger partial charge in [0.2, 0.25) is 11.3 Å². The number of nitrogens with two attached hydrogens (primary N) is 2. The third-order valence-corrected chi connectivity index (χ3v) is 8.66. The van der Waals surface area contributed by atoms with Gasteiger partial charge in [0.15, 0.2) is 10.8 Å². The average molecular weight is 582 g/mol. The fourth-order valence-electron chi connectivity index (χ4n) is 3.83. The van der Waals surface area contributed by atoms with Gasteiger partial charge in [-0.1, -0.05) is 22.0 Å². The van der Waals surface area contributed by atoms with Crippen molar-refractivity contribution in [3.8, 4) is 0 Å². The van der Waals surface area contributed by atoms with Crippen molar-refractivity contribution in [2.75, 3.05) is 29.6 Å². The van der Waals surface area contributed by atoms with E-state index in [1.807, 2.05) is 0 Å². The first-order valence-corrected chi connectivity index (χ1v) is 13.8. The Kier molecular flexibility index (Phi) is 7.08. The first-order valence-electron chi connectivity index (χ1n) is 10.8. The predicted octanol–water partition coefficient (Wildman–Crippen LogP) is -2.43. The number of anilines is 1. The Bertz CT molecular complexity index is 1370. The van der Waals surface area contributed by atoms with Crippen LogP contribution >= 0.6 is 34.9 Å². The summed E-state index contributed by atoms with van der Waals surface area (Å²) in [5.74, 6) is 3.04. The number of nitrogens with one attached hydrogen (secondary N) is 2. The minimum Gasteiger partial charge on any atom is -0.477 e. The molecule has 0 aliphatic carbocycles. The number of tetrazole rings is 1. The molecule has 3 aliphatic rings. The van der Waals surface area contributed by atoms with Crippen LogP contribution in [0.1, 0.15) is 12.1 Å². The highest BCUT2D eigenvalue weighted by Crippen LogP contribution is 2.41. The van der Waals surface area contributed by atoms with Gasteiger partial charge >= 0.3 is 5.97 Å². The summed E-state index contributed by atoms with van der Waals surface area (Å²) < 4.78 is 0. The van der Waals surface area contributed by atoms with Crippen LogP contribution in [-0.4, -0.2) is 100 Å². The Balaban J connectivity index is 1.31. The van der Waals surface area contributed by atoms with Crippen molar-refractivity contribution in [3.63, 3.8) is 0 Å². The fraction of sp³-hybridized carbons (Fsp3) is 0.389. The summed E-state index contributed by atoms with van der Waals surface area (Å²) >= 11 is 3.49. The van der Waals surface area contributed by atoms with E-state index in [1.54, 1.807) is 0 Å². The lowest BCUT2D eigenvalue weighted by Crippen LogP contribution is -2.71. The molecule has 2 saturated heterocycles. The van der Waals surface area contributed by atoms with Gasteiger partial charge in [0.05, 0.1) is 0 Å². The van der Waals surface area contributed by atoms with Crippen molar-refractivity contribution in [3.05, 3.63) is 22.3 Å². The normalized spacial score (nSPS) is 23.1. The first kappa shape index (κ1) is 25.7. The summed E-state index contributed by atoms with van der Waals surface area (Å²) in [5, 5.41) is 30.9. The number of fused-ring (bicyclic) bond motifs is 1. The van der Waals surface area contributed by atoms with Crippen LogP contribution in [-0.2, 0) is 24.0 Å². The summed E-state index contributed by atoms with van der Waals surface area (Å²) in [6, 6.07) is -1.02. The number of rotatable bonds is 9. The van der Waals surface area contributed by atoms with E-state index < -0.39 is 35.3 Å². The second kappa shape index (κ2) is 10.5. The first-order chi connectivity index (χ1) is 18.2. The third kappa shape index (κ3) is 4.84. The van der Waals surface area contributed by atoms with Crippen molar-refractivity contribution in [2.45, 2.75) is 29.1 Å². The molecule has 3 aliphatic heterocycles. The molecule has 0 saturated carbocycles. The van der Waals surface area contributed by atoms with Crippen LogP contribution in [0.2, 0.25) is 0 Å². The number of β-lactam (4-membered cyclic amide) rings is 1. The van der Waals surface area contributed by atoms with E-state index >= 15 is 0 Å². The number of aromatic nitrogens is 5. The number of aliphatic carboxylic acids is 1. The lowest BCUT2D eigenvalue weighted by molar-refractivity contribution is -0.150. The van der Waals surface area contributed by atoms with Crippen molar-refractivity contribution >= 4 is 69.4 Å². The lowest BCUT2D eigenvalue weighted by atomic mass is 10.0. The molecule has 3 amide bonds. The highest BCUT2D eigenvalue weighted by Gasteiger charge is 2.54. The molecule has 2 aromatic rings. The van der Waals surface area contributed by atoms with Crippen molar-refractivity contribution in [2.24, 2.45) is 5.16 Å². The standard InChI is InChI=1S/C18H19N11O6S3/c19-17-22-7(5-37-17)9(25-35-8-1-2-21-12(8)30)13(31)23-10-14(32)28-11(16(33)34)6(3-36-15(10)28)4-38-18-24-26-27-29(18)20/h5,8,10,15H,1-4,20H2,(H2,19,22)(H,21,30)(H,23,31)(H,33,34)/b25-9-/t8-,10+,15-/m0/s1. The van der Waals surface area contributed by atoms with Crippen molar-refractivity contribution in [1.82, 2.24) is 40.8 Å². The molecule has 0 radical (unpaired) electrons. The van der Waals surface area contributed by atoms with Crippen LogP contribution in [0.15, 0.2) is 27.0 Å². The number of nitrogen functional groups attached to an aromatic ring is 2. The molecule has 0 unspecified atom stereocenters. The molecule has 20 heteroatoms. The van der Waals surface area contributed by atoms with Crippen molar-refractivity contribution in [1.29, 1.82) is 0 Å². The fourth-order valence-corrected chi connectivity index (χ4v) is 6.65. The van der Waals surface area contributed by atoms with Crippen LogP contribution < -0.4 is 22.2 Å².